The van der Waals surface area contributed by atoms with E-state index in [2.05, 4.69) is 15.5 Å². The summed E-state index contributed by atoms with van der Waals surface area (Å²) in [5.41, 5.74) is 0.411. The molecule has 0 aromatic carbocycles. The molecule has 0 spiro atoms. The highest BCUT2D eigenvalue weighted by Gasteiger charge is 2.08. The molecule has 0 saturated heterocycles. The lowest BCUT2D eigenvalue weighted by Gasteiger charge is -2.09. The molecule has 0 aliphatic rings. The molecule has 78 valence electrons. The van der Waals surface area contributed by atoms with Crippen molar-refractivity contribution in [3.05, 3.63) is 18.0 Å². The summed E-state index contributed by atoms with van der Waals surface area (Å²) in [4.78, 5) is 11.3. The van der Waals surface area contributed by atoms with Crippen LogP contribution in [0.25, 0.3) is 0 Å². The Morgan fingerprint density at radius 3 is 3.14 bits per heavy atom. The summed E-state index contributed by atoms with van der Waals surface area (Å²) >= 11 is 0. The lowest BCUT2D eigenvalue weighted by Crippen LogP contribution is -2.32. The Morgan fingerprint density at radius 2 is 2.57 bits per heavy atom. The third-order valence-corrected chi connectivity index (χ3v) is 1.87. The van der Waals surface area contributed by atoms with Crippen molar-refractivity contribution in [2.24, 2.45) is 0 Å². The number of aliphatic hydroxyl groups is 1. The van der Waals surface area contributed by atoms with Gasteiger partial charge in [0.15, 0.2) is 0 Å². The Labute approximate surface area is 82.5 Å². The highest BCUT2D eigenvalue weighted by molar-refractivity contribution is 5.92. The van der Waals surface area contributed by atoms with Gasteiger partial charge in [-0.05, 0) is 12.5 Å². The number of aromatic nitrogens is 2. The number of hydrogen-bond donors (Lipinski definition) is 3. The first kappa shape index (κ1) is 10.7. The first-order valence-electron chi connectivity index (χ1n) is 4.69. The summed E-state index contributed by atoms with van der Waals surface area (Å²) in [5, 5.41) is 18.2. The van der Waals surface area contributed by atoms with Gasteiger partial charge in [0.2, 0.25) is 0 Å². The molecule has 1 rings (SSSR count). The molecule has 0 saturated carbocycles. The van der Waals surface area contributed by atoms with Crippen LogP contribution in [0, 0.1) is 0 Å². The van der Waals surface area contributed by atoms with E-state index in [1.54, 1.807) is 6.07 Å². The first-order valence-corrected chi connectivity index (χ1v) is 4.69. The topological polar surface area (TPSA) is 78.0 Å². The predicted molar refractivity (Wildman–Crippen MR) is 51.8 cm³/mol. The average molecular weight is 197 g/mol. The largest absolute Gasteiger partial charge is 0.391 e. The second-order valence-corrected chi connectivity index (χ2v) is 3.12. The zero-order chi connectivity index (χ0) is 10.4. The van der Waals surface area contributed by atoms with Gasteiger partial charge in [0.1, 0.15) is 5.69 Å². The van der Waals surface area contributed by atoms with Crippen LogP contribution in [-0.2, 0) is 0 Å². The molecule has 5 nitrogen and oxygen atoms in total. The molecule has 1 heterocycles. The quantitative estimate of drug-likeness (QED) is 0.635. The van der Waals surface area contributed by atoms with E-state index in [1.165, 1.54) is 6.20 Å². The fourth-order valence-corrected chi connectivity index (χ4v) is 1.12. The second-order valence-electron chi connectivity index (χ2n) is 3.12. The van der Waals surface area contributed by atoms with E-state index in [0.717, 1.165) is 6.42 Å². The van der Waals surface area contributed by atoms with Crippen LogP contribution in [0.15, 0.2) is 12.3 Å². The van der Waals surface area contributed by atoms with Gasteiger partial charge in [-0.25, -0.2) is 0 Å². The molecule has 5 heteroatoms. The van der Waals surface area contributed by atoms with Gasteiger partial charge in [-0.3, -0.25) is 9.89 Å². The number of carbonyl (C=O) groups excluding carboxylic acids is 1. The minimum Gasteiger partial charge on any atom is -0.391 e. The number of hydrogen-bond acceptors (Lipinski definition) is 3. The fourth-order valence-electron chi connectivity index (χ4n) is 1.12. The summed E-state index contributed by atoms with van der Waals surface area (Å²) in [6.07, 6.45) is 2.65. The summed E-state index contributed by atoms with van der Waals surface area (Å²) < 4.78 is 0. The monoisotopic (exact) mass is 197 g/mol. The van der Waals surface area contributed by atoms with Crippen LogP contribution in [0.4, 0.5) is 0 Å². The van der Waals surface area contributed by atoms with Crippen molar-refractivity contribution in [2.75, 3.05) is 6.54 Å². The number of rotatable bonds is 5. The maximum atomic E-state index is 11.3. The average Bonchev–Trinajstić information content (AvgIpc) is 2.67. The second kappa shape index (κ2) is 5.39. The third-order valence-electron chi connectivity index (χ3n) is 1.87. The van der Waals surface area contributed by atoms with E-state index in [4.69, 9.17) is 0 Å². The minimum atomic E-state index is -0.466. The number of nitrogens with zero attached hydrogens (tertiary/aromatic N) is 1. The molecule has 1 aromatic rings. The number of aliphatic hydroxyl groups excluding tert-OH is 1. The first-order chi connectivity index (χ1) is 6.74. The normalized spacial score (nSPS) is 12.4. The third kappa shape index (κ3) is 3.18. The fraction of sp³-hybridized carbons (Fsp3) is 0.556. The van der Waals surface area contributed by atoms with Crippen molar-refractivity contribution in [3.8, 4) is 0 Å². The Morgan fingerprint density at radius 1 is 1.79 bits per heavy atom. The van der Waals surface area contributed by atoms with Crippen molar-refractivity contribution in [2.45, 2.75) is 25.9 Å². The Kier molecular flexibility index (Phi) is 4.12. The van der Waals surface area contributed by atoms with E-state index >= 15 is 0 Å². The zero-order valence-corrected chi connectivity index (χ0v) is 8.16. The van der Waals surface area contributed by atoms with Gasteiger partial charge in [-0.15, -0.1) is 0 Å². The van der Waals surface area contributed by atoms with Crippen LogP contribution in [0.5, 0.6) is 0 Å². The van der Waals surface area contributed by atoms with Crippen LogP contribution < -0.4 is 5.32 Å². The minimum absolute atomic E-state index is 0.238. The van der Waals surface area contributed by atoms with Gasteiger partial charge in [0.25, 0.3) is 5.91 Å². The smallest absolute Gasteiger partial charge is 0.269 e. The molecular weight excluding hydrogens is 182 g/mol. The van der Waals surface area contributed by atoms with Crippen molar-refractivity contribution >= 4 is 5.91 Å². The predicted octanol–water partition coefficient (Wildman–Crippen LogP) is 0.300. The van der Waals surface area contributed by atoms with E-state index in [9.17, 15) is 9.90 Å². The van der Waals surface area contributed by atoms with Crippen LogP contribution in [-0.4, -0.2) is 33.9 Å². The molecule has 0 bridgehead atoms. The number of amides is 1. The molecule has 14 heavy (non-hydrogen) atoms. The number of H-pyrrole nitrogens is 1. The molecule has 0 radical (unpaired) electrons. The van der Waals surface area contributed by atoms with Crippen molar-refractivity contribution in [3.63, 3.8) is 0 Å². The number of carbonyl (C=O) groups is 1. The summed E-state index contributed by atoms with van der Waals surface area (Å²) in [6.45, 7) is 2.27. The Bertz CT molecular complexity index is 272. The van der Waals surface area contributed by atoms with Gasteiger partial charge in [0, 0.05) is 12.7 Å². The van der Waals surface area contributed by atoms with E-state index in [0.29, 0.717) is 12.1 Å². The summed E-state index contributed by atoms with van der Waals surface area (Å²) in [5.74, 6) is -0.238. The van der Waals surface area contributed by atoms with Crippen LogP contribution in [0.3, 0.4) is 0 Å². The van der Waals surface area contributed by atoms with Gasteiger partial charge < -0.3 is 10.4 Å². The highest BCUT2D eigenvalue weighted by atomic mass is 16.3. The number of aromatic amines is 1. The molecule has 3 N–H and O–H groups in total. The SMILES string of the molecule is CCCC(O)CNC(=O)c1ccn[nH]1. The van der Waals surface area contributed by atoms with E-state index in [-0.39, 0.29) is 12.5 Å². The Hall–Kier alpha value is -1.36. The van der Waals surface area contributed by atoms with Gasteiger partial charge in [0.05, 0.1) is 6.10 Å². The van der Waals surface area contributed by atoms with Gasteiger partial charge in [-0.1, -0.05) is 13.3 Å². The van der Waals surface area contributed by atoms with E-state index < -0.39 is 6.10 Å². The van der Waals surface area contributed by atoms with Crippen molar-refractivity contribution in [1.82, 2.24) is 15.5 Å². The zero-order valence-electron chi connectivity index (χ0n) is 8.16. The maximum Gasteiger partial charge on any atom is 0.269 e. The molecule has 1 amide bonds. The highest BCUT2D eigenvalue weighted by Crippen LogP contribution is 1.95. The lowest BCUT2D eigenvalue weighted by atomic mass is 10.2. The summed E-state index contributed by atoms with van der Waals surface area (Å²) in [6, 6.07) is 1.58. The van der Waals surface area contributed by atoms with Gasteiger partial charge in [-0.2, -0.15) is 5.10 Å². The molecule has 0 aliphatic carbocycles. The molecule has 0 aliphatic heterocycles. The molecular formula is C9H15N3O2. The van der Waals surface area contributed by atoms with Gasteiger partial charge >= 0.3 is 0 Å². The van der Waals surface area contributed by atoms with Crippen LogP contribution in [0.2, 0.25) is 0 Å². The molecule has 1 unspecified atom stereocenters. The standard InChI is InChI=1S/C9H15N3O2/c1-2-3-7(13)6-10-9(14)8-4-5-11-12-8/h4-5,7,13H,2-3,6H2,1H3,(H,10,14)(H,11,12). The summed E-state index contributed by atoms with van der Waals surface area (Å²) in [7, 11) is 0. The molecule has 1 aromatic heterocycles. The van der Waals surface area contributed by atoms with E-state index in [1.807, 2.05) is 6.92 Å². The Balaban J connectivity index is 2.28. The maximum absolute atomic E-state index is 11.3. The number of nitrogens with one attached hydrogen (secondary N) is 2. The lowest BCUT2D eigenvalue weighted by molar-refractivity contribution is 0.0905. The van der Waals surface area contributed by atoms with Crippen molar-refractivity contribution < 1.29 is 9.90 Å². The van der Waals surface area contributed by atoms with Crippen molar-refractivity contribution in [1.29, 1.82) is 0 Å². The van der Waals surface area contributed by atoms with Crippen LogP contribution in [0.1, 0.15) is 30.3 Å². The molecule has 0 fully saturated rings. The van der Waals surface area contributed by atoms with Crippen LogP contribution >= 0.6 is 0 Å². The molecule has 1 atom stereocenters.